The molecule has 0 aromatic heterocycles. The largest absolute Gasteiger partial charge is 0.505 e. The first-order valence-electron chi connectivity index (χ1n) is 23.5. The molecule has 0 spiro atoms. The van der Waals surface area contributed by atoms with Crippen LogP contribution in [0.2, 0.25) is 10.0 Å². The number of nitrogens with zero attached hydrogens (tertiary/aromatic N) is 1. The number of halogens is 2. The number of likely N-dealkylation sites (tertiary alicyclic amines) is 1. The van der Waals surface area contributed by atoms with Gasteiger partial charge in [-0.1, -0.05) is 83.2 Å². The van der Waals surface area contributed by atoms with Crippen LogP contribution in [-0.2, 0) is 0 Å². The lowest BCUT2D eigenvalue weighted by atomic mass is 9.44. The van der Waals surface area contributed by atoms with Gasteiger partial charge in [-0.15, -0.1) is 0 Å². The highest BCUT2D eigenvalue weighted by molar-refractivity contribution is 6.33. The molecule has 61 heavy (non-hydrogen) atoms. The zero-order chi connectivity index (χ0) is 44.2. The third-order valence-electron chi connectivity index (χ3n) is 16.7. The summed E-state index contributed by atoms with van der Waals surface area (Å²) in [6.07, 6.45) is 22.4. The second-order valence-corrected chi connectivity index (χ2v) is 21.4. The number of rotatable bonds is 14. The van der Waals surface area contributed by atoms with Gasteiger partial charge in [0, 0.05) is 6.54 Å². The molecule has 2 aromatic rings. The highest BCUT2D eigenvalue weighted by Gasteiger charge is 2.60. The predicted molar refractivity (Wildman–Crippen MR) is 246 cm³/mol. The fourth-order valence-corrected chi connectivity index (χ4v) is 13.9. The lowest BCUT2D eigenvalue weighted by Crippen LogP contribution is -2.53. The van der Waals surface area contributed by atoms with E-state index in [2.05, 4.69) is 39.5 Å². The number of aliphatic hydroxyl groups is 1. The molecule has 7 rings (SSSR count). The monoisotopic (exact) mass is 881 g/mol. The maximum absolute atomic E-state index is 12.0. The van der Waals surface area contributed by atoms with E-state index < -0.39 is 23.4 Å². The van der Waals surface area contributed by atoms with Crippen LogP contribution in [0, 0.1) is 58.2 Å². The van der Waals surface area contributed by atoms with Crippen LogP contribution in [0.5, 0.6) is 11.5 Å². The Morgan fingerprint density at radius 3 is 1.97 bits per heavy atom. The number of hydrogen-bond donors (Lipinski definition) is 5. The minimum Gasteiger partial charge on any atom is -0.505 e. The Hall–Kier alpha value is -2.78. The van der Waals surface area contributed by atoms with E-state index in [4.69, 9.17) is 28.3 Å². The van der Waals surface area contributed by atoms with Crippen LogP contribution in [-0.4, -0.2) is 68.6 Å². The summed E-state index contributed by atoms with van der Waals surface area (Å²) >= 11 is 12.6. The van der Waals surface area contributed by atoms with Gasteiger partial charge in [0.25, 0.3) is 0 Å². The minimum absolute atomic E-state index is 0.122. The van der Waals surface area contributed by atoms with Gasteiger partial charge in [0.1, 0.15) is 22.6 Å². The molecule has 0 amide bonds. The van der Waals surface area contributed by atoms with Crippen LogP contribution < -0.4 is 0 Å². The van der Waals surface area contributed by atoms with Crippen molar-refractivity contribution in [2.24, 2.45) is 58.2 Å². The van der Waals surface area contributed by atoms with Crippen LogP contribution in [0.25, 0.3) is 5.57 Å². The summed E-state index contributed by atoms with van der Waals surface area (Å²) in [5.41, 5.74) is 1.58. The first-order valence-corrected chi connectivity index (χ1v) is 24.3. The zero-order valence-electron chi connectivity index (χ0n) is 37.4. The SMILES string of the molecule is CC(C)CCCC(C)[C@H]1CC[C@H]2[C@@H]3CC[C@H]4C[C@@H](CCC=C(c5cc(Cl)c(O)c(C(=O)O)c5)c5cc(Cl)c(O)c(C(=O)O)c5)CC[C@]4(C)[C@H]3CC[C@]12C.OCCN1CCCC1. The molecule has 5 N–H and O–H groups in total. The van der Waals surface area contributed by atoms with Crippen LogP contribution in [0.15, 0.2) is 30.3 Å². The summed E-state index contributed by atoms with van der Waals surface area (Å²) in [7, 11) is 0. The van der Waals surface area contributed by atoms with Crippen molar-refractivity contribution in [3.63, 3.8) is 0 Å². The van der Waals surface area contributed by atoms with Crippen molar-refractivity contribution in [2.45, 2.75) is 137 Å². The number of aromatic hydroxyl groups is 2. The van der Waals surface area contributed by atoms with Gasteiger partial charge in [-0.2, -0.15) is 0 Å². The molecule has 5 fully saturated rings. The lowest BCUT2D eigenvalue weighted by molar-refractivity contribution is -0.121. The van der Waals surface area contributed by atoms with Crippen molar-refractivity contribution in [3.05, 3.63) is 62.6 Å². The first kappa shape index (κ1) is 47.7. The molecule has 1 saturated heterocycles. The van der Waals surface area contributed by atoms with Gasteiger partial charge in [0.2, 0.25) is 0 Å². The highest BCUT2D eigenvalue weighted by Crippen LogP contribution is 2.69. The van der Waals surface area contributed by atoms with E-state index in [1.807, 2.05) is 6.08 Å². The lowest BCUT2D eigenvalue weighted by Gasteiger charge is -2.61. The number of carboxylic acid groups (broad SMARTS) is 2. The molecule has 4 aliphatic carbocycles. The fourth-order valence-electron chi connectivity index (χ4n) is 13.5. The highest BCUT2D eigenvalue weighted by atomic mass is 35.5. The number of phenols is 2. The Balaban J connectivity index is 0.000000698. The second kappa shape index (κ2) is 20.4. The van der Waals surface area contributed by atoms with E-state index in [1.165, 1.54) is 127 Å². The smallest absolute Gasteiger partial charge is 0.339 e. The van der Waals surface area contributed by atoms with E-state index >= 15 is 0 Å². The first-order chi connectivity index (χ1) is 29.0. The predicted octanol–water partition coefficient (Wildman–Crippen LogP) is 12.8. The van der Waals surface area contributed by atoms with Gasteiger partial charge in [0.05, 0.1) is 16.7 Å². The molecule has 5 aliphatic rings. The summed E-state index contributed by atoms with van der Waals surface area (Å²) in [6.45, 7) is 16.2. The topological polar surface area (TPSA) is 139 Å². The number of allylic oxidation sites excluding steroid dienone is 1. The Labute approximate surface area is 375 Å². The van der Waals surface area contributed by atoms with Gasteiger partial charge in [0.15, 0.2) is 0 Å². The van der Waals surface area contributed by atoms with Crippen molar-refractivity contribution in [1.29, 1.82) is 0 Å². The van der Waals surface area contributed by atoms with Gasteiger partial charge >= 0.3 is 11.9 Å². The van der Waals surface area contributed by atoms with E-state index in [0.29, 0.717) is 46.5 Å². The maximum Gasteiger partial charge on any atom is 0.339 e. The van der Waals surface area contributed by atoms with Crippen LogP contribution in [0.1, 0.15) is 169 Å². The maximum atomic E-state index is 12.0. The molecule has 1 aliphatic heterocycles. The number of hydrogen-bond acceptors (Lipinski definition) is 6. The van der Waals surface area contributed by atoms with Crippen molar-refractivity contribution < 1.29 is 35.1 Å². The van der Waals surface area contributed by atoms with Crippen LogP contribution >= 0.6 is 23.2 Å². The van der Waals surface area contributed by atoms with E-state index in [0.717, 1.165) is 54.4 Å². The number of fused-ring (bicyclic) bond motifs is 5. The normalized spacial score (nSPS) is 30.1. The van der Waals surface area contributed by atoms with Crippen molar-refractivity contribution in [1.82, 2.24) is 4.90 Å². The van der Waals surface area contributed by atoms with Crippen LogP contribution in [0.3, 0.4) is 0 Å². The Morgan fingerprint density at radius 2 is 1.39 bits per heavy atom. The Morgan fingerprint density at radius 1 is 0.803 bits per heavy atom. The number of β-amino-alcohol motifs (C(OH)–C–C–N with tert-alkyl or cyclic N) is 1. The third-order valence-corrected chi connectivity index (χ3v) is 17.3. The van der Waals surface area contributed by atoms with Crippen molar-refractivity contribution in [2.75, 3.05) is 26.2 Å². The molecule has 2 aromatic carbocycles. The summed E-state index contributed by atoms with van der Waals surface area (Å²) in [6, 6.07) is 5.65. The van der Waals surface area contributed by atoms with E-state index in [-0.39, 0.29) is 21.2 Å². The molecular formula is C51H73Cl2NO7. The molecule has 8 nitrogen and oxygen atoms in total. The van der Waals surface area contributed by atoms with Crippen LogP contribution in [0.4, 0.5) is 0 Å². The molecule has 9 atom stereocenters. The average Bonchev–Trinajstić information content (AvgIpc) is 3.86. The summed E-state index contributed by atoms with van der Waals surface area (Å²) < 4.78 is 0. The van der Waals surface area contributed by atoms with Gasteiger partial charge in [-0.05, 0) is 196 Å². The Bertz CT molecular complexity index is 1820. The Kier molecular flexibility index (Phi) is 15.9. The van der Waals surface area contributed by atoms with Crippen molar-refractivity contribution >= 4 is 40.7 Å². The zero-order valence-corrected chi connectivity index (χ0v) is 38.9. The number of benzene rings is 2. The third kappa shape index (κ3) is 10.4. The number of aromatic carboxylic acids is 2. The van der Waals surface area contributed by atoms with E-state index in [9.17, 15) is 30.0 Å². The minimum atomic E-state index is -1.33. The molecule has 4 saturated carbocycles. The standard InChI is InChI=1S/C45H60Cl2O6.C6H13NO/c1-25(2)8-6-9-26(3)35-14-15-36-32-13-12-30-20-27(16-18-44(30,4)37(32)17-19-45(35,36)5)10-7-11-31(28-21-33(42(50)51)40(48)38(46)23-28)29-22-34(43(52)53)41(49)39(47)24-29;8-6-5-7-3-1-2-4-7/h11,21-27,30,32,35-37,48-49H,6-10,12-20H2,1-5H3,(H,50,51)(H,52,53);8H,1-6H2/t26?,27-,30-,32-,35+,36-,37-,44-,45+;/m0./s1. The number of carbonyl (C=O) groups is 2. The molecule has 0 radical (unpaired) electrons. The molecule has 1 heterocycles. The van der Waals surface area contributed by atoms with E-state index in [1.54, 1.807) is 0 Å². The van der Waals surface area contributed by atoms with Gasteiger partial charge < -0.3 is 30.4 Å². The molecule has 10 heteroatoms. The average molecular weight is 883 g/mol. The van der Waals surface area contributed by atoms with Gasteiger partial charge in [-0.3, -0.25) is 0 Å². The fraction of sp³-hybridized carbons (Fsp3) is 0.686. The summed E-state index contributed by atoms with van der Waals surface area (Å²) in [5, 5.41) is 48.5. The molecule has 338 valence electrons. The number of carboxylic acids is 2. The molecular weight excluding hydrogens is 809 g/mol. The summed E-state index contributed by atoms with van der Waals surface area (Å²) in [5.74, 6) is 2.64. The van der Waals surface area contributed by atoms with Gasteiger partial charge in [-0.25, -0.2) is 9.59 Å². The quantitative estimate of drug-likeness (QED) is 0.126. The molecule has 0 bridgehead atoms. The second-order valence-electron chi connectivity index (χ2n) is 20.6. The number of aliphatic hydroxyl groups excluding tert-OH is 1. The van der Waals surface area contributed by atoms with Crippen molar-refractivity contribution in [3.8, 4) is 11.5 Å². The summed E-state index contributed by atoms with van der Waals surface area (Å²) in [4.78, 5) is 26.2. The molecule has 1 unspecified atom stereocenters.